The van der Waals surface area contributed by atoms with Gasteiger partial charge in [0.25, 0.3) is 0 Å². The van der Waals surface area contributed by atoms with Crippen molar-refractivity contribution in [1.29, 1.82) is 0 Å². The fourth-order valence-electron chi connectivity index (χ4n) is 6.48. The van der Waals surface area contributed by atoms with E-state index in [2.05, 4.69) is 158 Å². The molecular weight excluding hydrogens is 494 g/mol. The largest absolute Gasteiger partial charge is 0.309 e. The molecule has 1 nitrogen and oxygen atoms in total. The molecule has 8 aromatic rings. The van der Waals surface area contributed by atoms with Gasteiger partial charge < -0.3 is 4.57 Å². The molecule has 1 heterocycles. The van der Waals surface area contributed by atoms with Crippen molar-refractivity contribution in [3.8, 4) is 27.9 Å². The lowest BCUT2D eigenvalue weighted by Crippen LogP contribution is -1.95. The number of benzene rings is 7. The molecule has 41 heavy (non-hydrogen) atoms. The van der Waals surface area contributed by atoms with Crippen molar-refractivity contribution in [3.05, 3.63) is 151 Å². The zero-order valence-electron chi connectivity index (χ0n) is 23.2. The smallest absolute Gasteiger partial charge is 0.0541 e. The second-order valence-electron chi connectivity index (χ2n) is 11.3. The van der Waals surface area contributed by atoms with Crippen molar-refractivity contribution < 1.29 is 0 Å². The first-order chi connectivity index (χ1) is 20.1. The maximum Gasteiger partial charge on any atom is 0.0541 e. The highest BCUT2D eigenvalue weighted by atomic mass is 15.0. The van der Waals surface area contributed by atoms with E-state index in [0.717, 1.165) is 0 Å². The average molecular weight is 524 g/mol. The van der Waals surface area contributed by atoms with Crippen LogP contribution in [0.4, 0.5) is 0 Å². The van der Waals surface area contributed by atoms with Gasteiger partial charge in [-0.3, -0.25) is 0 Å². The van der Waals surface area contributed by atoms with E-state index in [1.165, 1.54) is 82.4 Å². The maximum atomic E-state index is 2.43. The van der Waals surface area contributed by atoms with E-state index >= 15 is 0 Å². The van der Waals surface area contributed by atoms with Crippen LogP contribution in [-0.2, 0) is 0 Å². The molecule has 0 unspecified atom stereocenters. The van der Waals surface area contributed by atoms with Crippen LogP contribution in [0.2, 0.25) is 0 Å². The normalized spacial score (nSPS) is 11.7. The summed E-state index contributed by atoms with van der Waals surface area (Å²) in [6.07, 6.45) is 0. The lowest BCUT2D eigenvalue weighted by molar-refractivity contribution is 1.16. The van der Waals surface area contributed by atoms with Gasteiger partial charge in [0.05, 0.1) is 11.0 Å². The Kier molecular flexibility index (Phi) is 5.33. The summed E-state index contributed by atoms with van der Waals surface area (Å²) in [4.78, 5) is 0. The quantitative estimate of drug-likeness (QED) is 0.217. The summed E-state index contributed by atoms with van der Waals surface area (Å²) in [7, 11) is 0. The number of hydrogen-bond donors (Lipinski definition) is 0. The van der Waals surface area contributed by atoms with E-state index in [4.69, 9.17) is 0 Å². The number of aromatic nitrogens is 1. The van der Waals surface area contributed by atoms with E-state index in [0.29, 0.717) is 0 Å². The first kappa shape index (κ1) is 23.7. The van der Waals surface area contributed by atoms with Crippen LogP contribution in [0.15, 0.2) is 140 Å². The molecule has 0 aliphatic heterocycles. The van der Waals surface area contributed by atoms with Gasteiger partial charge in [-0.1, -0.05) is 91.0 Å². The standard InChI is InChI=1S/C40H29N/c1-26-19-27(2)21-36(20-26)41-39-17-15-34(32-13-11-28-7-3-5-9-30(28)22-32)24-37(39)38-25-35(16-18-40(38)41)33-14-12-29-8-4-6-10-31(29)23-33/h3-25H,1-2H3. The van der Waals surface area contributed by atoms with Crippen LogP contribution < -0.4 is 0 Å². The molecule has 0 radical (unpaired) electrons. The predicted molar refractivity (Wildman–Crippen MR) is 176 cm³/mol. The highest BCUT2D eigenvalue weighted by molar-refractivity contribution is 6.12. The van der Waals surface area contributed by atoms with E-state index in [1.54, 1.807) is 0 Å². The molecule has 0 bridgehead atoms. The molecule has 194 valence electrons. The van der Waals surface area contributed by atoms with E-state index < -0.39 is 0 Å². The van der Waals surface area contributed by atoms with Crippen molar-refractivity contribution in [1.82, 2.24) is 4.57 Å². The highest BCUT2D eigenvalue weighted by Crippen LogP contribution is 2.38. The average Bonchev–Trinajstić information content (AvgIpc) is 3.33. The summed E-state index contributed by atoms with van der Waals surface area (Å²) < 4.78 is 2.43. The Hall–Kier alpha value is -5.14. The summed E-state index contributed by atoms with van der Waals surface area (Å²) in [5, 5.41) is 7.61. The minimum Gasteiger partial charge on any atom is -0.309 e. The van der Waals surface area contributed by atoms with Gasteiger partial charge in [-0.25, -0.2) is 0 Å². The van der Waals surface area contributed by atoms with Crippen LogP contribution in [-0.4, -0.2) is 4.57 Å². The fourth-order valence-corrected chi connectivity index (χ4v) is 6.48. The van der Waals surface area contributed by atoms with Crippen LogP contribution in [0.5, 0.6) is 0 Å². The lowest BCUT2D eigenvalue weighted by Gasteiger charge is -2.11. The summed E-state index contributed by atoms with van der Waals surface area (Å²) in [5.41, 5.74) is 11.2. The van der Waals surface area contributed by atoms with Gasteiger partial charge in [0, 0.05) is 16.5 Å². The molecule has 0 fully saturated rings. The second kappa shape index (κ2) is 9.21. The van der Waals surface area contributed by atoms with Gasteiger partial charge in [0.2, 0.25) is 0 Å². The van der Waals surface area contributed by atoms with Crippen molar-refractivity contribution in [3.63, 3.8) is 0 Å². The Balaban J connectivity index is 1.39. The van der Waals surface area contributed by atoms with E-state index in [9.17, 15) is 0 Å². The third kappa shape index (κ3) is 4.01. The molecule has 0 N–H and O–H groups in total. The molecule has 0 aliphatic carbocycles. The Morgan fingerprint density at radius 3 is 1.27 bits per heavy atom. The van der Waals surface area contributed by atoms with Crippen LogP contribution in [0.3, 0.4) is 0 Å². The van der Waals surface area contributed by atoms with Crippen molar-refractivity contribution in [2.24, 2.45) is 0 Å². The Morgan fingerprint density at radius 1 is 0.366 bits per heavy atom. The fraction of sp³-hybridized carbons (Fsp3) is 0.0500. The van der Waals surface area contributed by atoms with E-state index in [1.807, 2.05) is 0 Å². The minimum atomic E-state index is 1.21. The zero-order valence-corrected chi connectivity index (χ0v) is 23.2. The lowest BCUT2D eigenvalue weighted by atomic mass is 9.98. The van der Waals surface area contributed by atoms with Crippen LogP contribution >= 0.6 is 0 Å². The summed E-state index contributed by atoms with van der Waals surface area (Å²) in [5.74, 6) is 0. The molecule has 8 rings (SSSR count). The summed E-state index contributed by atoms with van der Waals surface area (Å²) >= 11 is 0. The topological polar surface area (TPSA) is 4.93 Å². The SMILES string of the molecule is Cc1cc(C)cc(-n2c3ccc(-c4ccc5ccccc5c4)cc3c3cc(-c4ccc5ccccc5c4)ccc32)c1. The van der Waals surface area contributed by atoms with E-state index in [-0.39, 0.29) is 0 Å². The van der Waals surface area contributed by atoms with Crippen LogP contribution in [0, 0.1) is 13.8 Å². The molecule has 0 amide bonds. The van der Waals surface area contributed by atoms with Gasteiger partial charge in [-0.15, -0.1) is 0 Å². The van der Waals surface area contributed by atoms with Gasteiger partial charge >= 0.3 is 0 Å². The Bertz CT molecular complexity index is 2130. The third-order valence-electron chi connectivity index (χ3n) is 8.40. The number of fused-ring (bicyclic) bond motifs is 5. The molecular formula is C40H29N. The molecule has 0 saturated carbocycles. The second-order valence-corrected chi connectivity index (χ2v) is 11.3. The van der Waals surface area contributed by atoms with Crippen molar-refractivity contribution in [2.75, 3.05) is 0 Å². The number of nitrogens with zero attached hydrogens (tertiary/aromatic N) is 1. The first-order valence-electron chi connectivity index (χ1n) is 14.3. The maximum absolute atomic E-state index is 2.43. The van der Waals surface area contributed by atoms with Gasteiger partial charge in [-0.2, -0.15) is 0 Å². The monoisotopic (exact) mass is 523 g/mol. The predicted octanol–water partition coefficient (Wildman–Crippen LogP) is 11.0. The summed E-state index contributed by atoms with van der Waals surface area (Å²) in [6, 6.07) is 51.4. The molecule has 0 saturated heterocycles. The zero-order chi connectivity index (χ0) is 27.5. The number of hydrogen-bond acceptors (Lipinski definition) is 0. The third-order valence-corrected chi connectivity index (χ3v) is 8.40. The highest BCUT2D eigenvalue weighted by Gasteiger charge is 2.15. The van der Waals surface area contributed by atoms with Gasteiger partial charge in [0.1, 0.15) is 0 Å². The van der Waals surface area contributed by atoms with Crippen molar-refractivity contribution >= 4 is 43.4 Å². The molecule has 1 heteroatoms. The van der Waals surface area contributed by atoms with Gasteiger partial charge in [0.15, 0.2) is 0 Å². The Morgan fingerprint density at radius 2 is 0.780 bits per heavy atom. The molecule has 0 aliphatic rings. The van der Waals surface area contributed by atoms with Crippen LogP contribution in [0.1, 0.15) is 11.1 Å². The number of rotatable bonds is 3. The Labute approximate surface area is 239 Å². The van der Waals surface area contributed by atoms with Crippen molar-refractivity contribution in [2.45, 2.75) is 13.8 Å². The minimum absolute atomic E-state index is 1.21. The van der Waals surface area contributed by atoms with Gasteiger partial charge in [-0.05, 0) is 117 Å². The molecule has 7 aromatic carbocycles. The number of aryl methyl sites for hydroxylation is 2. The molecule has 0 atom stereocenters. The molecule has 0 spiro atoms. The van der Waals surface area contributed by atoms with Crippen LogP contribution in [0.25, 0.3) is 71.3 Å². The summed E-state index contributed by atoms with van der Waals surface area (Å²) in [6.45, 7) is 4.36. The molecule has 1 aromatic heterocycles. The first-order valence-corrected chi connectivity index (χ1v) is 14.3.